The Morgan fingerprint density at radius 2 is 2.33 bits per heavy atom. The van der Waals surface area contributed by atoms with Crippen LogP contribution in [0.5, 0.6) is 0 Å². The highest BCUT2D eigenvalue weighted by Gasteiger charge is 2.18. The Hall–Kier alpha value is -0.280. The Labute approximate surface area is 59.9 Å². The molecule has 0 unspecified atom stereocenters. The van der Waals surface area contributed by atoms with Gasteiger partial charge in [-0.25, -0.2) is 0 Å². The zero-order valence-corrected chi connectivity index (χ0v) is 5.78. The normalized spacial score (nSPS) is 23.8. The van der Waals surface area contributed by atoms with E-state index in [1.165, 1.54) is 0 Å². The highest BCUT2D eigenvalue weighted by atomic mass is 35.5. The molecule has 0 amide bonds. The van der Waals surface area contributed by atoms with Gasteiger partial charge in [-0.05, 0) is 13.0 Å². The van der Waals surface area contributed by atoms with Gasteiger partial charge in [-0.2, -0.15) is 0 Å². The van der Waals surface area contributed by atoms with Gasteiger partial charge < -0.3 is 10.4 Å². The fraction of sp³-hybridized carbons (Fsp3) is 0.800. The molecular formula is C5H10ClNO2. The van der Waals surface area contributed by atoms with Crippen molar-refractivity contribution >= 4 is 18.4 Å². The van der Waals surface area contributed by atoms with E-state index >= 15 is 0 Å². The lowest BCUT2D eigenvalue weighted by Crippen LogP contribution is -2.43. The predicted octanol–water partition coefficient (Wildman–Crippen LogP) is 0.245. The molecule has 1 fully saturated rings. The molecule has 1 rings (SSSR count). The second-order valence-electron chi connectivity index (χ2n) is 2.04. The first-order valence-electron chi connectivity index (χ1n) is 2.74. The van der Waals surface area contributed by atoms with Crippen molar-refractivity contribution in [1.29, 1.82) is 0 Å². The molecule has 0 aromatic heterocycles. The molecule has 3 nitrogen and oxygen atoms in total. The van der Waals surface area contributed by atoms with E-state index in [2.05, 4.69) is 5.32 Å². The molecule has 1 atom stereocenters. The SMILES string of the molecule is Cl.O=C(O)C[C@@H]1CCN1. The molecule has 0 aliphatic carbocycles. The fourth-order valence-corrected chi connectivity index (χ4v) is 0.733. The summed E-state index contributed by atoms with van der Waals surface area (Å²) in [5.74, 6) is -0.706. The van der Waals surface area contributed by atoms with Crippen molar-refractivity contribution in [3.8, 4) is 0 Å². The minimum Gasteiger partial charge on any atom is -0.481 e. The second-order valence-corrected chi connectivity index (χ2v) is 2.04. The van der Waals surface area contributed by atoms with E-state index in [9.17, 15) is 4.79 Å². The fourth-order valence-electron chi connectivity index (χ4n) is 0.733. The Balaban J connectivity index is 0.000000640. The molecule has 0 radical (unpaired) electrons. The van der Waals surface area contributed by atoms with Crippen LogP contribution in [0.4, 0.5) is 0 Å². The van der Waals surface area contributed by atoms with Gasteiger partial charge in [0.15, 0.2) is 0 Å². The van der Waals surface area contributed by atoms with Gasteiger partial charge in [0, 0.05) is 6.04 Å². The zero-order valence-electron chi connectivity index (χ0n) is 4.96. The summed E-state index contributed by atoms with van der Waals surface area (Å²) < 4.78 is 0. The number of carboxylic acids is 1. The van der Waals surface area contributed by atoms with Gasteiger partial charge in [-0.3, -0.25) is 4.79 Å². The van der Waals surface area contributed by atoms with Gasteiger partial charge >= 0.3 is 5.97 Å². The molecule has 1 aliphatic heterocycles. The van der Waals surface area contributed by atoms with Gasteiger partial charge in [0.1, 0.15) is 0 Å². The van der Waals surface area contributed by atoms with Crippen LogP contribution in [0.15, 0.2) is 0 Å². The number of rotatable bonds is 2. The summed E-state index contributed by atoms with van der Waals surface area (Å²) in [6, 6.07) is 0.257. The van der Waals surface area contributed by atoms with E-state index in [0.29, 0.717) is 0 Å². The molecule has 1 heterocycles. The zero-order chi connectivity index (χ0) is 5.98. The predicted molar refractivity (Wildman–Crippen MR) is 35.9 cm³/mol. The third-order valence-corrected chi connectivity index (χ3v) is 1.35. The molecule has 4 heteroatoms. The average Bonchev–Trinajstić information content (AvgIpc) is 1.55. The van der Waals surface area contributed by atoms with E-state index in [0.717, 1.165) is 13.0 Å². The standard InChI is InChI=1S/C5H9NO2.ClH/c7-5(8)3-4-1-2-6-4;/h4,6H,1-3H2,(H,7,8);1H/t4-;/m0./s1. The summed E-state index contributed by atoms with van der Waals surface area (Å²) >= 11 is 0. The minimum absolute atomic E-state index is 0. The van der Waals surface area contributed by atoms with Crippen LogP contribution in [0.1, 0.15) is 12.8 Å². The van der Waals surface area contributed by atoms with Gasteiger partial charge in [-0.15, -0.1) is 12.4 Å². The Morgan fingerprint density at radius 3 is 2.44 bits per heavy atom. The van der Waals surface area contributed by atoms with E-state index in [1.54, 1.807) is 0 Å². The third kappa shape index (κ3) is 2.67. The third-order valence-electron chi connectivity index (χ3n) is 1.35. The number of aliphatic carboxylic acids is 1. The molecular weight excluding hydrogens is 142 g/mol. The molecule has 0 saturated carbocycles. The molecule has 54 valence electrons. The molecule has 2 N–H and O–H groups in total. The van der Waals surface area contributed by atoms with Gasteiger partial charge in [0.25, 0.3) is 0 Å². The van der Waals surface area contributed by atoms with Crippen LogP contribution >= 0.6 is 12.4 Å². The van der Waals surface area contributed by atoms with Crippen molar-refractivity contribution in [3.63, 3.8) is 0 Å². The van der Waals surface area contributed by atoms with Crippen LogP contribution in [0.25, 0.3) is 0 Å². The van der Waals surface area contributed by atoms with Gasteiger partial charge in [0.2, 0.25) is 0 Å². The lowest BCUT2D eigenvalue weighted by atomic mass is 10.0. The summed E-state index contributed by atoms with van der Waals surface area (Å²) in [4.78, 5) is 9.96. The molecule has 0 aromatic carbocycles. The summed E-state index contributed by atoms with van der Waals surface area (Å²) in [6.45, 7) is 0.984. The van der Waals surface area contributed by atoms with Crippen LogP contribution in [-0.2, 0) is 4.79 Å². The van der Waals surface area contributed by atoms with Crippen LogP contribution in [0.3, 0.4) is 0 Å². The van der Waals surface area contributed by atoms with Crippen molar-refractivity contribution in [1.82, 2.24) is 5.32 Å². The van der Waals surface area contributed by atoms with Crippen molar-refractivity contribution in [2.24, 2.45) is 0 Å². The highest BCUT2D eigenvalue weighted by Crippen LogP contribution is 2.05. The lowest BCUT2D eigenvalue weighted by molar-refractivity contribution is -0.138. The summed E-state index contributed by atoms with van der Waals surface area (Å²) in [5, 5.41) is 11.2. The maximum Gasteiger partial charge on any atom is 0.304 e. The Morgan fingerprint density at radius 1 is 1.78 bits per heavy atom. The van der Waals surface area contributed by atoms with E-state index in [-0.39, 0.29) is 24.9 Å². The lowest BCUT2D eigenvalue weighted by Gasteiger charge is -2.25. The number of hydrogen-bond acceptors (Lipinski definition) is 2. The summed E-state index contributed by atoms with van der Waals surface area (Å²) in [5.41, 5.74) is 0. The number of halogens is 1. The number of nitrogens with one attached hydrogen (secondary N) is 1. The van der Waals surface area contributed by atoms with Crippen molar-refractivity contribution < 1.29 is 9.90 Å². The topological polar surface area (TPSA) is 49.3 Å². The smallest absolute Gasteiger partial charge is 0.304 e. The van der Waals surface area contributed by atoms with E-state index < -0.39 is 5.97 Å². The first kappa shape index (κ1) is 8.72. The van der Waals surface area contributed by atoms with Crippen LogP contribution in [-0.4, -0.2) is 23.7 Å². The Bertz CT molecular complexity index is 103. The average molecular weight is 152 g/mol. The largest absolute Gasteiger partial charge is 0.481 e. The van der Waals surface area contributed by atoms with Crippen LogP contribution < -0.4 is 5.32 Å². The quantitative estimate of drug-likeness (QED) is 0.595. The molecule has 0 spiro atoms. The first-order valence-corrected chi connectivity index (χ1v) is 2.74. The number of carboxylic acid groups (broad SMARTS) is 1. The molecule has 0 bridgehead atoms. The molecule has 1 saturated heterocycles. The molecule has 0 aromatic rings. The Kier molecular flexibility index (Phi) is 3.58. The summed E-state index contributed by atoms with van der Waals surface area (Å²) in [7, 11) is 0. The highest BCUT2D eigenvalue weighted by molar-refractivity contribution is 5.85. The van der Waals surface area contributed by atoms with E-state index in [1.807, 2.05) is 0 Å². The van der Waals surface area contributed by atoms with Crippen LogP contribution in [0.2, 0.25) is 0 Å². The second kappa shape index (κ2) is 3.69. The van der Waals surface area contributed by atoms with E-state index in [4.69, 9.17) is 5.11 Å². The van der Waals surface area contributed by atoms with Gasteiger partial charge in [0.05, 0.1) is 6.42 Å². The number of carbonyl (C=O) groups is 1. The van der Waals surface area contributed by atoms with Crippen molar-refractivity contribution in [2.45, 2.75) is 18.9 Å². The number of hydrogen-bond donors (Lipinski definition) is 2. The first-order chi connectivity index (χ1) is 3.79. The summed E-state index contributed by atoms with van der Waals surface area (Å²) in [6.07, 6.45) is 1.30. The van der Waals surface area contributed by atoms with Gasteiger partial charge in [-0.1, -0.05) is 0 Å². The van der Waals surface area contributed by atoms with Crippen LogP contribution in [0, 0.1) is 0 Å². The monoisotopic (exact) mass is 151 g/mol. The van der Waals surface area contributed by atoms with Crippen molar-refractivity contribution in [2.75, 3.05) is 6.54 Å². The maximum atomic E-state index is 9.96. The van der Waals surface area contributed by atoms with Crippen molar-refractivity contribution in [3.05, 3.63) is 0 Å². The minimum atomic E-state index is -0.706. The maximum absolute atomic E-state index is 9.96. The molecule has 1 aliphatic rings. The molecule has 9 heavy (non-hydrogen) atoms.